The number of nitrogens with one attached hydrogen (secondary N) is 4. The first kappa shape index (κ1) is 39.8. The Bertz CT molecular complexity index is 3160. The number of aromatic nitrogens is 5. The monoisotopic (exact) mass is 857 g/mol. The number of likely N-dealkylation sites (tertiary alicyclic amines) is 2. The molecule has 316 valence electrons. The first-order valence-corrected chi connectivity index (χ1v) is 24.1. The minimum atomic E-state index is -3.86. The second kappa shape index (κ2) is 15.6. The van der Waals surface area contributed by atoms with E-state index in [0.717, 1.165) is 106 Å². The van der Waals surface area contributed by atoms with Crippen molar-refractivity contribution >= 4 is 63.8 Å². The van der Waals surface area contributed by atoms with Crippen molar-refractivity contribution in [1.29, 1.82) is 0 Å². The van der Waals surface area contributed by atoms with Gasteiger partial charge in [-0.15, -0.1) is 0 Å². The van der Waals surface area contributed by atoms with E-state index in [1.54, 1.807) is 30.5 Å². The van der Waals surface area contributed by atoms with Gasteiger partial charge in [0.1, 0.15) is 5.65 Å². The summed E-state index contributed by atoms with van der Waals surface area (Å²) in [7, 11) is -3.63. The first-order valence-electron chi connectivity index (χ1n) is 21.1. The summed E-state index contributed by atoms with van der Waals surface area (Å²) >= 11 is 0. The number of pyridine rings is 1. The number of hydrogen-bond donors (Lipinski definition) is 4. The lowest BCUT2D eigenvalue weighted by Gasteiger charge is -2.31. The van der Waals surface area contributed by atoms with Crippen LogP contribution in [0.1, 0.15) is 55.8 Å². The second-order valence-corrected chi connectivity index (χ2v) is 20.4. The number of sulfonamides is 2. The highest BCUT2D eigenvalue weighted by Crippen LogP contribution is 2.36. The fraction of sp³-hybridized carbons (Fsp3) is 0.326. The van der Waals surface area contributed by atoms with E-state index < -0.39 is 20.0 Å². The summed E-state index contributed by atoms with van der Waals surface area (Å²) in [6, 6.07) is 26.6. The van der Waals surface area contributed by atoms with Crippen molar-refractivity contribution in [2.45, 2.75) is 60.5 Å². The maximum absolute atomic E-state index is 14.0. The molecule has 3 aromatic carbocycles. The molecule has 0 aliphatic carbocycles. The smallest absolute Gasteiger partial charge is 0.240 e. The van der Waals surface area contributed by atoms with Crippen LogP contribution in [-0.2, 0) is 34.1 Å². The van der Waals surface area contributed by atoms with Crippen LogP contribution in [0.15, 0.2) is 113 Å². The molecule has 2 fully saturated rings. The highest BCUT2D eigenvalue weighted by molar-refractivity contribution is 7.89. The van der Waals surface area contributed by atoms with Crippen molar-refractivity contribution in [3.05, 3.63) is 115 Å². The van der Waals surface area contributed by atoms with E-state index in [1.807, 2.05) is 61.1 Å². The summed E-state index contributed by atoms with van der Waals surface area (Å²) < 4.78 is 65.2. The molecule has 0 radical (unpaired) electrons. The summed E-state index contributed by atoms with van der Waals surface area (Å²) in [4.78, 5) is 16.9. The Balaban J connectivity index is 0.902. The predicted octanol–water partition coefficient (Wildman–Crippen LogP) is 7.31. The quantitative estimate of drug-likeness (QED) is 0.0949. The Hall–Kier alpha value is -5.29. The normalized spacial score (nSPS) is 18.0. The highest BCUT2D eigenvalue weighted by Gasteiger charge is 2.33. The van der Waals surface area contributed by atoms with E-state index in [4.69, 9.17) is 4.98 Å². The van der Waals surface area contributed by atoms with E-state index in [2.05, 4.69) is 71.3 Å². The standard InChI is InChI=1S/C46H51N9O4S2/c1-30-9-8-22-55(30)45(37-28-52(2)43-11-5-4-10-35(37)43)27-49-61(58,59)34-15-13-32-23-42(50-41(32)25-34)39-17-16-36-38(29-53(3)46(36)51-39)44(54-20-6-7-21-54)26-48-60(56,57)33-14-12-31-18-19-47-40(31)24-33/h4-5,10-19,23-25,28-30,44-45,47-50H,6-9,20-22,26-27H2,1-3H3/t30-,44+,45-/m0/s1. The van der Waals surface area contributed by atoms with Gasteiger partial charge in [0.15, 0.2) is 0 Å². The molecule has 4 N–H and O–H groups in total. The Morgan fingerprint density at radius 1 is 0.721 bits per heavy atom. The zero-order valence-electron chi connectivity index (χ0n) is 34.6. The Kier molecular flexibility index (Phi) is 10.2. The van der Waals surface area contributed by atoms with Gasteiger partial charge in [-0.05, 0) is 123 Å². The van der Waals surface area contributed by atoms with Crippen molar-refractivity contribution in [3.8, 4) is 11.4 Å². The molecular formula is C46H51N9O4S2. The van der Waals surface area contributed by atoms with Crippen LogP contribution in [0.2, 0.25) is 0 Å². The number of hydrogen-bond acceptors (Lipinski definition) is 7. The van der Waals surface area contributed by atoms with Crippen molar-refractivity contribution in [2.24, 2.45) is 14.1 Å². The molecule has 2 aliphatic heterocycles. The lowest BCUT2D eigenvalue weighted by Crippen LogP contribution is -2.39. The van der Waals surface area contributed by atoms with Crippen LogP contribution < -0.4 is 9.44 Å². The van der Waals surface area contributed by atoms with Gasteiger partial charge in [-0.1, -0.05) is 30.3 Å². The Morgan fingerprint density at radius 3 is 2.16 bits per heavy atom. The van der Waals surface area contributed by atoms with Crippen LogP contribution in [0, 0.1) is 0 Å². The molecule has 8 aromatic rings. The summed E-state index contributed by atoms with van der Waals surface area (Å²) in [5, 5.41) is 3.93. The summed E-state index contributed by atoms with van der Waals surface area (Å²) in [6.07, 6.45) is 10.3. The van der Waals surface area contributed by atoms with Gasteiger partial charge in [0.2, 0.25) is 20.0 Å². The van der Waals surface area contributed by atoms with E-state index in [0.29, 0.717) is 11.6 Å². The van der Waals surface area contributed by atoms with E-state index in [1.165, 1.54) is 0 Å². The molecule has 0 bridgehead atoms. The molecule has 0 unspecified atom stereocenters. The number of aryl methyl sites for hydroxylation is 2. The molecule has 0 amide bonds. The lowest BCUT2D eigenvalue weighted by atomic mass is 10.0. The number of rotatable bonds is 13. The van der Waals surface area contributed by atoms with E-state index in [9.17, 15) is 16.8 Å². The summed E-state index contributed by atoms with van der Waals surface area (Å²) in [6.45, 7) is 5.39. The van der Waals surface area contributed by atoms with Gasteiger partial charge in [-0.3, -0.25) is 9.80 Å². The zero-order chi connectivity index (χ0) is 42.0. The summed E-state index contributed by atoms with van der Waals surface area (Å²) in [5.74, 6) is 0. The van der Waals surface area contributed by atoms with Gasteiger partial charge in [-0.2, -0.15) is 0 Å². The minimum absolute atomic E-state index is 0.112. The Morgan fingerprint density at radius 2 is 1.41 bits per heavy atom. The van der Waals surface area contributed by atoms with Crippen molar-refractivity contribution in [2.75, 3.05) is 32.7 Å². The molecule has 61 heavy (non-hydrogen) atoms. The molecule has 2 saturated heterocycles. The number of nitrogens with zero attached hydrogens (tertiary/aromatic N) is 5. The molecular weight excluding hydrogens is 807 g/mol. The number of benzene rings is 3. The van der Waals surface area contributed by atoms with Crippen molar-refractivity contribution in [3.63, 3.8) is 0 Å². The second-order valence-electron chi connectivity index (χ2n) is 16.8. The van der Waals surface area contributed by atoms with Crippen LogP contribution in [-0.4, -0.2) is 89.5 Å². The number of para-hydroxylation sites is 1. The molecule has 13 nitrogen and oxygen atoms in total. The third-order valence-electron chi connectivity index (χ3n) is 13.0. The van der Waals surface area contributed by atoms with Gasteiger partial charge in [0.25, 0.3) is 0 Å². The number of aromatic amines is 2. The predicted molar refractivity (Wildman–Crippen MR) is 241 cm³/mol. The largest absolute Gasteiger partial charge is 0.361 e. The van der Waals surface area contributed by atoms with Crippen LogP contribution >= 0.6 is 0 Å². The number of fused-ring (bicyclic) bond motifs is 4. The fourth-order valence-corrected chi connectivity index (χ4v) is 11.9. The molecule has 3 atom stereocenters. The third kappa shape index (κ3) is 7.36. The SMILES string of the molecule is C[C@H]1CCCN1[C@@H](CNS(=O)(=O)c1ccc2cc(-c3ccc4c([C@@H](CNS(=O)(=O)c5ccc6cc[nH]c6c5)N5CCCC5)cn(C)c4n3)[nH]c2c1)c1cn(C)c2ccccc12. The maximum atomic E-state index is 14.0. The number of H-pyrrole nitrogens is 2. The average molecular weight is 858 g/mol. The molecule has 15 heteroatoms. The van der Waals surface area contributed by atoms with Crippen molar-refractivity contribution in [1.82, 2.24) is 43.3 Å². The van der Waals surface area contributed by atoms with Gasteiger partial charge in [0.05, 0.1) is 33.3 Å². The third-order valence-corrected chi connectivity index (χ3v) is 15.9. The molecule has 0 saturated carbocycles. The molecule has 7 heterocycles. The van der Waals surface area contributed by atoms with Crippen LogP contribution in [0.4, 0.5) is 0 Å². The highest BCUT2D eigenvalue weighted by atomic mass is 32.2. The van der Waals surface area contributed by atoms with E-state index >= 15 is 0 Å². The van der Waals surface area contributed by atoms with Crippen LogP contribution in [0.5, 0.6) is 0 Å². The molecule has 5 aromatic heterocycles. The molecule has 2 aliphatic rings. The minimum Gasteiger partial charge on any atom is -0.361 e. The van der Waals surface area contributed by atoms with Gasteiger partial charge < -0.3 is 19.1 Å². The van der Waals surface area contributed by atoms with Crippen LogP contribution in [0.25, 0.3) is 55.1 Å². The maximum Gasteiger partial charge on any atom is 0.240 e. The Labute approximate surface area is 355 Å². The fourth-order valence-electron chi connectivity index (χ4n) is 9.80. The molecule has 10 rings (SSSR count). The van der Waals surface area contributed by atoms with E-state index in [-0.39, 0.29) is 35.0 Å². The first-order chi connectivity index (χ1) is 29.4. The average Bonchev–Trinajstić information content (AvgIpc) is 4.13. The van der Waals surface area contributed by atoms with Gasteiger partial charge >= 0.3 is 0 Å². The lowest BCUT2D eigenvalue weighted by molar-refractivity contribution is 0.193. The van der Waals surface area contributed by atoms with Gasteiger partial charge in [0, 0.05) is 84.5 Å². The van der Waals surface area contributed by atoms with Gasteiger partial charge in [-0.25, -0.2) is 31.3 Å². The summed E-state index contributed by atoms with van der Waals surface area (Å²) in [5.41, 5.74) is 7.00. The molecule has 0 spiro atoms. The topological polar surface area (TPSA) is 153 Å². The zero-order valence-corrected chi connectivity index (χ0v) is 36.2. The van der Waals surface area contributed by atoms with Crippen LogP contribution in [0.3, 0.4) is 0 Å². The van der Waals surface area contributed by atoms with Crippen molar-refractivity contribution < 1.29 is 16.8 Å².